The lowest BCUT2D eigenvalue weighted by atomic mass is 9.75. The average molecular weight is 507 g/mol. The van der Waals surface area contributed by atoms with Crippen molar-refractivity contribution in [1.82, 2.24) is 14.7 Å². The Morgan fingerprint density at radius 1 is 1.14 bits per heavy atom. The van der Waals surface area contributed by atoms with E-state index in [0.29, 0.717) is 33.6 Å². The van der Waals surface area contributed by atoms with Crippen LogP contribution in [-0.4, -0.2) is 31.7 Å². The normalized spacial score (nSPS) is 18.8. The number of nitrogens with zero attached hydrogens (tertiary/aromatic N) is 2. The van der Waals surface area contributed by atoms with E-state index < -0.39 is 22.6 Å². The molecule has 4 aromatic rings. The molecule has 1 saturated heterocycles. The number of aromatic amines is 1. The largest absolute Gasteiger partial charge is 0.425 e. The lowest BCUT2D eigenvalue weighted by Crippen LogP contribution is -2.33. The lowest BCUT2D eigenvalue weighted by molar-refractivity contribution is -0.117. The third kappa shape index (κ3) is 3.92. The number of carbonyl (C=O) groups excluding carboxylic acids is 1. The van der Waals surface area contributed by atoms with E-state index in [1.54, 1.807) is 24.3 Å². The Labute approximate surface area is 208 Å². The van der Waals surface area contributed by atoms with Crippen LogP contribution in [0.2, 0.25) is 0 Å². The van der Waals surface area contributed by atoms with Crippen molar-refractivity contribution in [3.05, 3.63) is 71.5 Å². The number of carbonyl (C=O) groups is 1. The number of H-pyrrole nitrogens is 1. The van der Waals surface area contributed by atoms with Gasteiger partial charge in [0.15, 0.2) is 0 Å². The van der Waals surface area contributed by atoms with Gasteiger partial charge in [0, 0.05) is 17.7 Å². The molecule has 0 spiro atoms. The Morgan fingerprint density at radius 3 is 2.58 bits per heavy atom. The predicted octanol–water partition coefficient (Wildman–Crippen LogP) is 4.36. The van der Waals surface area contributed by atoms with Crippen LogP contribution in [0.3, 0.4) is 0 Å². The summed E-state index contributed by atoms with van der Waals surface area (Å²) in [5.74, 6) is -0.257. The number of hydrogen-bond donors (Lipinski definition) is 3. The maximum atomic E-state index is 15.0. The smallest absolute Gasteiger partial charge is 0.300 e. The van der Waals surface area contributed by atoms with Crippen molar-refractivity contribution >= 4 is 33.8 Å². The summed E-state index contributed by atoms with van der Waals surface area (Å²) in [7, 11) is 0. The number of aliphatic hydroxyl groups is 1. The minimum atomic E-state index is -1.64. The van der Waals surface area contributed by atoms with Gasteiger partial charge in [-0.3, -0.25) is 13.8 Å². The fourth-order valence-electron chi connectivity index (χ4n) is 4.56. The molecule has 1 atom stereocenters. The van der Waals surface area contributed by atoms with Crippen LogP contribution in [0.25, 0.3) is 22.2 Å². The van der Waals surface area contributed by atoms with Gasteiger partial charge in [-0.05, 0) is 55.0 Å². The zero-order chi connectivity index (χ0) is 25.0. The number of imidazole rings is 1. The average Bonchev–Trinajstić information content (AvgIpc) is 3.39. The molecule has 0 bridgehead atoms. The van der Waals surface area contributed by atoms with Gasteiger partial charge in [-0.25, -0.2) is 8.60 Å². The first-order valence-electron chi connectivity index (χ1n) is 11.6. The maximum Gasteiger partial charge on any atom is 0.300 e. The number of rotatable bonds is 5. The molecule has 2 fully saturated rings. The summed E-state index contributed by atoms with van der Waals surface area (Å²) in [4.78, 5) is 19.1. The maximum absolute atomic E-state index is 15.0. The highest BCUT2D eigenvalue weighted by Gasteiger charge is 2.36. The Hall–Kier alpha value is -3.76. The van der Waals surface area contributed by atoms with E-state index in [4.69, 9.17) is 4.74 Å². The summed E-state index contributed by atoms with van der Waals surface area (Å²) in [6.45, 7) is 1.84. The molecule has 36 heavy (non-hydrogen) atoms. The van der Waals surface area contributed by atoms with Crippen molar-refractivity contribution in [3.8, 4) is 22.9 Å². The van der Waals surface area contributed by atoms with Crippen LogP contribution >= 0.6 is 0 Å². The number of nitrogens with one attached hydrogen (secondary N) is 2. The van der Waals surface area contributed by atoms with Crippen LogP contribution in [0.1, 0.15) is 30.4 Å². The van der Waals surface area contributed by atoms with Crippen LogP contribution in [0.15, 0.2) is 54.6 Å². The van der Waals surface area contributed by atoms with Gasteiger partial charge in [0.05, 0.1) is 22.3 Å². The van der Waals surface area contributed by atoms with Gasteiger partial charge in [-0.15, -0.1) is 0 Å². The van der Waals surface area contributed by atoms with E-state index in [0.717, 1.165) is 30.4 Å². The van der Waals surface area contributed by atoms with Crippen molar-refractivity contribution in [2.45, 2.75) is 31.8 Å². The SMILES string of the molecule is Cc1ccc(N2CC(=O)NS2=O)cc1Oc1nc2cc(-c3ccc(C4(O)CCC4)cc3)c(F)cc2[nH]1. The third-order valence-electron chi connectivity index (χ3n) is 6.82. The van der Waals surface area contributed by atoms with E-state index in [9.17, 15) is 14.1 Å². The second-order valence-electron chi connectivity index (χ2n) is 9.22. The Balaban J connectivity index is 1.28. The van der Waals surface area contributed by atoms with Gasteiger partial charge in [-0.2, -0.15) is 4.98 Å². The monoisotopic (exact) mass is 506 g/mol. The Bertz CT molecular complexity index is 1530. The minimum absolute atomic E-state index is 0.0118. The number of fused-ring (bicyclic) bond motifs is 1. The van der Waals surface area contributed by atoms with Gasteiger partial charge in [0.2, 0.25) is 11.2 Å². The molecule has 1 aliphatic heterocycles. The number of anilines is 1. The number of amides is 1. The van der Waals surface area contributed by atoms with Gasteiger partial charge >= 0.3 is 0 Å². The summed E-state index contributed by atoms with van der Waals surface area (Å²) < 4.78 is 36.9. The van der Waals surface area contributed by atoms with Crippen LogP contribution < -0.4 is 13.8 Å². The molecule has 8 nitrogen and oxygen atoms in total. The molecule has 2 aliphatic rings. The molecule has 184 valence electrons. The molecular weight excluding hydrogens is 483 g/mol. The van der Waals surface area contributed by atoms with Crippen LogP contribution in [-0.2, 0) is 21.6 Å². The van der Waals surface area contributed by atoms with E-state index in [2.05, 4.69) is 14.7 Å². The predicted molar refractivity (Wildman–Crippen MR) is 134 cm³/mol. The van der Waals surface area contributed by atoms with Crippen molar-refractivity contribution < 1.29 is 23.2 Å². The highest BCUT2D eigenvalue weighted by atomic mass is 32.2. The standard InChI is InChI=1S/C26H23FN4O4S/c1-15-3-8-18(31-14-24(32)30-36(31)34)11-23(15)35-25-28-21-12-19(20(27)13-22(21)29-25)16-4-6-17(7-5-16)26(33)9-2-10-26/h3-8,11-13,33H,2,9-10,14H2,1H3,(H,28,29)(H,30,32). The van der Waals surface area contributed by atoms with Crippen molar-refractivity contribution in [3.63, 3.8) is 0 Å². The van der Waals surface area contributed by atoms with Crippen molar-refractivity contribution in [2.75, 3.05) is 10.8 Å². The van der Waals surface area contributed by atoms with Gasteiger partial charge in [0.1, 0.15) is 18.1 Å². The highest BCUT2D eigenvalue weighted by molar-refractivity contribution is 7.85. The summed E-state index contributed by atoms with van der Waals surface area (Å²) >= 11 is -1.64. The van der Waals surface area contributed by atoms with Crippen LogP contribution in [0.5, 0.6) is 11.8 Å². The third-order valence-corrected chi connectivity index (χ3v) is 7.96. The number of aryl methyl sites for hydroxylation is 1. The molecular formula is C26H23FN4O4S. The second-order valence-corrected chi connectivity index (χ2v) is 10.4. The summed E-state index contributed by atoms with van der Waals surface area (Å²) in [5, 5.41) is 10.5. The molecule has 3 N–H and O–H groups in total. The van der Waals surface area contributed by atoms with Crippen LogP contribution in [0, 0.1) is 12.7 Å². The molecule has 6 rings (SSSR count). The fourth-order valence-corrected chi connectivity index (χ4v) is 5.46. The molecule has 2 heterocycles. The molecule has 3 aromatic carbocycles. The van der Waals surface area contributed by atoms with Gasteiger partial charge < -0.3 is 14.8 Å². The Kier molecular flexibility index (Phi) is 5.31. The number of hydrogen-bond acceptors (Lipinski definition) is 5. The first-order chi connectivity index (χ1) is 17.3. The molecule has 1 unspecified atom stereocenters. The number of ether oxygens (including phenoxy) is 1. The number of benzene rings is 3. The lowest BCUT2D eigenvalue weighted by Gasteiger charge is -2.37. The van der Waals surface area contributed by atoms with E-state index in [1.807, 2.05) is 31.2 Å². The van der Waals surface area contributed by atoms with Crippen LogP contribution in [0.4, 0.5) is 10.1 Å². The molecule has 1 saturated carbocycles. The van der Waals surface area contributed by atoms with Gasteiger partial charge in [-0.1, -0.05) is 30.3 Å². The Morgan fingerprint density at radius 2 is 1.92 bits per heavy atom. The minimum Gasteiger partial charge on any atom is -0.425 e. The molecule has 1 amide bonds. The fraction of sp³-hybridized carbons (Fsp3) is 0.231. The van der Waals surface area contributed by atoms with E-state index in [1.165, 1.54) is 10.4 Å². The topological polar surface area (TPSA) is 108 Å². The first-order valence-corrected chi connectivity index (χ1v) is 12.7. The highest BCUT2D eigenvalue weighted by Crippen LogP contribution is 2.41. The van der Waals surface area contributed by atoms with Crippen molar-refractivity contribution in [1.29, 1.82) is 0 Å². The molecule has 0 radical (unpaired) electrons. The van der Waals surface area contributed by atoms with E-state index in [-0.39, 0.29) is 18.5 Å². The zero-order valence-electron chi connectivity index (χ0n) is 19.4. The quantitative estimate of drug-likeness (QED) is 0.373. The zero-order valence-corrected chi connectivity index (χ0v) is 20.2. The first kappa shape index (κ1) is 22.7. The summed E-state index contributed by atoms with van der Waals surface area (Å²) in [5.41, 5.74) is 3.57. The molecule has 1 aliphatic carbocycles. The summed E-state index contributed by atoms with van der Waals surface area (Å²) in [6.07, 6.45) is 2.50. The van der Waals surface area contributed by atoms with Gasteiger partial charge in [0.25, 0.3) is 11.9 Å². The number of aromatic nitrogens is 2. The molecule has 1 aromatic heterocycles. The molecule has 10 heteroatoms. The van der Waals surface area contributed by atoms with E-state index >= 15 is 4.39 Å². The van der Waals surface area contributed by atoms with Crippen molar-refractivity contribution in [2.24, 2.45) is 0 Å². The second kappa shape index (κ2) is 8.42. The number of halogens is 1. The summed E-state index contributed by atoms with van der Waals surface area (Å²) in [6, 6.07) is 15.8.